The van der Waals surface area contributed by atoms with Gasteiger partial charge in [0.05, 0.1) is 0 Å². The molecule has 10 aliphatic rings. The number of piperidine rings is 1. The summed E-state index contributed by atoms with van der Waals surface area (Å²) in [6, 6.07) is 1.05. The van der Waals surface area contributed by atoms with Crippen LogP contribution in [0.2, 0.25) is 0 Å². The van der Waals surface area contributed by atoms with E-state index in [-0.39, 0.29) is 18.0 Å². The number of rotatable bonds is 9. The highest BCUT2D eigenvalue weighted by Crippen LogP contribution is 2.43. The number of hydrogen-bond donors (Lipinski definition) is 2. The molecular formula is C56H70N4. The minimum atomic E-state index is -0.118. The monoisotopic (exact) mass is 799 g/mol. The van der Waals surface area contributed by atoms with Crippen LogP contribution in [0.4, 0.5) is 0 Å². The minimum Gasteiger partial charge on any atom is -0.348 e. The Morgan fingerprint density at radius 1 is 0.567 bits per heavy atom. The van der Waals surface area contributed by atoms with Gasteiger partial charge in [-0.05, 0) is 191 Å². The fourth-order valence-corrected chi connectivity index (χ4v) is 12.3. The van der Waals surface area contributed by atoms with Gasteiger partial charge < -0.3 is 10.6 Å². The van der Waals surface area contributed by atoms with Crippen molar-refractivity contribution in [3.05, 3.63) is 143 Å². The first-order chi connectivity index (χ1) is 29.7. The maximum Gasteiger partial charge on any atom is 0.147 e. The molecule has 60 heavy (non-hydrogen) atoms. The molecule has 0 radical (unpaired) electrons. The lowest BCUT2D eigenvalue weighted by Crippen LogP contribution is -2.54. The summed E-state index contributed by atoms with van der Waals surface area (Å²) < 4.78 is 0. The molecule has 0 aromatic rings. The summed E-state index contributed by atoms with van der Waals surface area (Å²) in [6.45, 7) is 0. The van der Waals surface area contributed by atoms with Crippen LogP contribution < -0.4 is 10.6 Å². The fourth-order valence-electron chi connectivity index (χ4n) is 12.3. The minimum absolute atomic E-state index is 0.118. The van der Waals surface area contributed by atoms with E-state index < -0.39 is 0 Å². The van der Waals surface area contributed by atoms with Crippen molar-refractivity contribution in [3.63, 3.8) is 0 Å². The number of aliphatic imine (C=N–C) groups is 2. The van der Waals surface area contributed by atoms with Gasteiger partial charge in [-0.25, -0.2) is 9.98 Å². The van der Waals surface area contributed by atoms with E-state index in [0.29, 0.717) is 41.7 Å². The van der Waals surface area contributed by atoms with Gasteiger partial charge in [0.15, 0.2) is 0 Å². The van der Waals surface area contributed by atoms with E-state index in [1.165, 1.54) is 114 Å². The van der Waals surface area contributed by atoms with Gasteiger partial charge in [0.25, 0.3) is 0 Å². The summed E-state index contributed by atoms with van der Waals surface area (Å²) >= 11 is 0. The molecule has 2 heterocycles. The van der Waals surface area contributed by atoms with Crippen molar-refractivity contribution < 1.29 is 0 Å². The predicted octanol–water partition coefficient (Wildman–Crippen LogP) is 13.2. The van der Waals surface area contributed by atoms with Crippen LogP contribution >= 0.6 is 0 Å². The van der Waals surface area contributed by atoms with Crippen LogP contribution in [-0.2, 0) is 0 Å². The molecule has 4 heteroatoms. The predicted molar refractivity (Wildman–Crippen MR) is 253 cm³/mol. The first kappa shape index (κ1) is 40.1. The lowest BCUT2D eigenvalue weighted by atomic mass is 9.69. The van der Waals surface area contributed by atoms with Crippen molar-refractivity contribution in [2.24, 2.45) is 51.4 Å². The molecule has 10 rings (SSSR count). The van der Waals surface area contributed by atoms with Crippen LogP contribution in [0.25, 0.3) is 0 Å². The van der Waals surface area contributed by atoms with Crippen LogP contribution in [0.5, 0.6) is 0 Å². The summed E-state index contributed by atoms with van der Waals surface area (Å²) in [5.74, 6) is 5.39. The average Bonchev–Trinajstić information content (AvgIpc) is 3.35. The van der Waals surface area contributed by atoms with Crippen molar-refractivity contribution >= 4 is 11.7 Å². The summed E-state index contributed by atoms with van der Waals surface area (Å²) in [4.78, 5) is 11.2. The number of nitrogens with one attached hydrogen (secondary N) is 2. The third-order valence-corrected chi connectivity index (χ3v) is 15.8. The topological polar surface area (TPSA) is 48.8 Å². The Kier molecular flexibility index (Phi) is 12.6. The second-order valence-corrected chi connectivity index (χ2v) is 19.7. The van der Waals surface area contributed by atoms with Gasteiger partial charge in [-0.15, -0.1) is 0 Å². The van der Waals surface area contributed by atoms with Crippen molar-refractivity contribution in [3.8, 4) is 0 Å². The van der Waals surface area contributed by atoms with Crippen LogP contribution in [0.15, 0.2) is 153 Å². The van der Waals surface area contributed by atoms with Gasteiger partial charge in [0, 0.05) is 23.9 Å². The second-order valence-electron chi connectivity index (χ2n) is 19.7. The Labute approximate surface area is 361 Å². The number of hydrogen-bond acceptors (Lipinski definition) is 4. The zero-order chi connectivity index (χ0) is 40.1. The van der Waals surface area contributed by atoms with E-state index in [1.807, 2.05) is 0 Å². The van der Waals surface area contributed by atoms with Gasteiger partial charge in [0.2, 0.25) is 0 Å². The molecular weight excluding hydrogens is 729 g/mol. The molecule has 1 fully saturated rings. The van der Waals surface area contributed by atoms with Gasteiger partial charge in [-0.1, -0.05) is 109 Å². The van der Waals surface area contributed by atoms with E-state index in [4.69, 9.17) is 9.98 Å². The lowest BCUT2D eigenvalue weighted by molar-refractivity contribution is 0.178. The molecule has 8 aliphatic carbocycles. The normalized spacial score (nSPS) is 36.8. The van der Waals surface area contributed by atoms with Crippen LogP contribution in [-0.4, -0.2) is 29.9 Å². The van der Waals surface area contributed by atoms with E-state index in [2.05, 4.69) is 120 Å². The first-order valence-corrected chi connectivity index (χ1v) is 24.6. The van der Waals surface area contributed by atoms with Crippen LogP contribution in [0.3, 0.4) is 0 Å². The number of allylic oxidation sites excluding steroid dienone is 17. The van der Waals surface area contributed by atoms with E-state index in [0.717, 1.165) is 37.4 Å². The Hall–Kier alpha value is -4.02. The van der Waals surface area contributed by atoms with Crippen LogP contribution in [0, 0.1) is 41.4 Å². The molecule has 0 saturated carbocycles. The SMILES string of the molecule is C1=CCC(C2C=CC(C3N=C(C4C=C(C5CCC(C6C=CCCC6)NC5C5C=CCCC5)C=C(C5=CCCCC5)C4)N=C(C4C=CC(C5=CCCCC5)=CC4)N3)=CC2)C=C1. The Balaban J connectivity index is 0.984. The standard InChI is InChI=1S/C56H70N4/c1-6-16-39(17-7-1)42-26-30-46(31-27-42)54-58-55(47-32-28-43(29-33-47)40-18-8-2-9-19-40)60-56(59-54)50-37-48(41-20-10-3-11-21-41)36-49(38-50)51-34-35-52(44-22-12-4-13-23-44)57-53(51)45-24-14-5-15-25-45/h1,6-7,12,14,16,18,20,22,24,26,28-32,36,38-39,42,44-45,47,50-54,57H,2-5,8-11,13,15,17,19,21,23,25,27,33-35,37H2,(H,58,59,60). The highest BCUT2D eigenvalue weighted by Gasteiger charge is 2.40. The Morgan fingerprint density at radius 3 is 2.08 bits per heavy atom. The molecule has 0 bridgehead atoms. The molecule has 1 saturated heterocycles. The number of nitrogens with zero attached hydrogens (tertiary/aromatic N) is 2. The highest BCUT2D eigenvalue weighted by molar-refractivity contribution is 6.03. The van der Waals surface area contributed by atoms with Crippen molar-refractivity contribution in [2.45, 2.75) is 147 Å². The maximum atomic E-state index is 5.64. The fraction of sp³-hybridized carbons (Fsp3) is 0.536. The van der Waals surface area contributed by atoms with E-state index in [1.54, 1.807) is 22.3 Å². The quantitative estimate of drug-likeness (QED) is 0.228. The molecule has 314 valence electrons. The molecule has 2 aliphatic heterocycles. The molecule has 0 amide bonds. The Bertz CT molecular complexity index is 2050. The molecule has 10 atom stereocenters. The summed E-state index contributed by atoms with van der Waals surface area (Å²) in [5, 5.41) is 8.33. The van der Waals surface area contributed by atoms with Gasteiger partial charge in [-0.2, -0.15) is 0 Å². The summed E-state index contributed by atoms with van der Waals surface area (Å²) in [6.07, 6.45) is 68.7. The molecule has 4 nitrogen and oxygen atoms in total. The maximum absolute atomic E-state index is 5.64. The molecule has 0 aromatic heterocycles. The van der Waals surface area contributed by atoms with Crippen molar-refractivity contribution in [1.82, 2.24) is 10.6 Å². The molecule has 0 aromatic carbocycles. The van der Waals surface area contributed by atoms with Gasteiger partial charge >= 0.3 is 0 Å². The van der Waals surface area contributed by atoms with Crippen molar-refractivity contribution in [1.29, 1.82) is 0 Å². The van der Waals surface area contributed by atoms with E-state index in [9.17, 15) is 0 Å². The second kappa shape index (κ2) is 18.9. The van der Waals surface area contributed by atoms with Gasteiger partial charge in [-0.3, -0.25) is 0 Å². The smallest absolute Gasteiger partial charge is 0.147 e. The van der Waals surface area contributed by atoms with Crippen LogP contribution in [0.1, 0.15) is 128 Å². The van der Waals surface area contributed by atoms with E-state index >= 15 is 0 Å². The zero-order valence-electron chi connectivity index (χ0n) is 36.2. The summed E-state index contributed by atoms with van der Waals surface area (Å²) in [5.41, 5.74) is 8.98. The summed E-state index contributed by atoms with van der Waals surface area (Å²) in [7, 11) is 0. The third-order valence-electron chi connectivity index (χ3n) is 15.8. The third kappa shape index (κ3) is 9.11. The van der Waals surface area contributed by atoms with Crippen molar-refractivity contribution in [2.75, 3.05) is 0 Å². The van der Waals surface area contributed by atoms with Gasteiger partial charge in [0.1, 0.15) is 17.8 Å². The first-order valence-electron chi connectivity index (χ1n) is 24.6. The molecule has 2 N–H and O–H groups in total. The highest BCUT2D eigenvalue weighted by atomic mass is 15.2. The largest absolute Gasteiger partial charge is 0.348 e. The molecule has 0 spiro atoms. The zero-order valence-corrected chi connectivity index (χ0v) is 36.2. The lowest BCUT2D eigenvalue weighted by Gasteiger charge is -2.45. The molecule has 10 unspecified atom stereocenters. The Morgan fingerprint density at radius 2 is 1.38 bits per heavy atom. The number of amidine groups is 2. The average molecular weight is 799 g/mol.